The molecule has 21 heavy (non-hydrogen) atoms. The Kier molecular flexibility index (Phi) is 6.09. The van der Waals surface area contributed by atoms with Crippen molar-refractivity contribution in [1.29, 1.82) is 0 Å². The lowest BCUT2D eigenvalue weighted by Gasteiger charge is -2.07. The first kappa shape index (κ1) is 16.4. The molecule has 0 aliphatic heterocycles. The molecule has 0 bridgehead atoms. The highest BCUT2D eigenvalue weighted by molar-refractivity contribution is 6.07. The summed E-state index contributed by atoms with van der Waals surface area (Å²) in [7, 11) is 0. The number of hydrogen-bond acceptors (Lipinski definition) is 7. The van der Waals surface area contributed by atoms with E-state index >= 15 is 0 Å². The van der Waals surface area contributed by atoms with Crippen LogP contribution in [0.3, 0.4) is 0 Å². The molecule has 7 nitrogen and oxygen atoms in total. The molecule has 1 aromatic rings. The van der Waals surface area contributed by atoms with Crippen LogP contribution in [0.25, 0.3) is 0 Å². The number of carbonyl (C=O) groups excluding carboxylic acids is 3. The summed E-state index contributed by atoms with van der Waals surface area (Å²) in [4.78, 5) is 34.8. The van der Waals surface area contributed by atoms with Crippen LogP contribution < -0.4 is 0 Å². The molecule has 0 aromatic heterocycles. The normalized spacial score (nSPS) is 10.9. The lowest BCUT2D eigenvalue weighted by molar-refractivity contribution is -0.132. The average molecular weight is 294 g/mol. The molecule has 0 heterocycles. The standard InChI is InChI=1S/C14H14O7/c1-9(16)8-12(17)21-14(19)11-5-3-2-4-10(11)13(18)20-7-6-15/h2-5,8,15-16H,6-7H2,1H3. The van der Waals surface area contributed by atoms with Gasteiger partial charge < -0.3 is 19.7 Å². The van der Waals surface area contributed by atoms with Gasteiger partial charge in [0.15, 0.2) is 0 Å². The zero-order chi connectivity index (χ0) is 15.8. The van der Waals surface area contributed by atoms with Gasteiger partial charge in [-0.25, -0.2) is 14.4 Å². The fourth-order valence-electron chi connectivity index (χ4n) is 1.40. The third-order valence-corrected chi connectivity index (χ3v) is 2.21. The van der Waals surface area contributed by atoms with Gasteiger partial charge in [0.25, 0.3) is 0 Å². The maximum Gasteiger partial charge on any atom is 0.346 e. The number of allylic oxidation sites excluding steroid dienone is 1. The van der Waals surface area contributed by atoms with Gasteiger partial charge in [-0.2, -0.15) is 0 Å². The largest absolute Gasteiger partial charge is 0.512 e. The molecule has 0 unspecified atom stereocenters. The van der Waals surface area contributed by atoms with Crippen molar-refractivity contribution in [3.63, 3.8) is 0 Å². The Morgan fingerprint density at radius 1 is 1.14 bits per heavy atom. The van der Waals surface area contributed by atoms with E-state index in [2.05, 4.69) is 4.74 Å². The van der Waals surface area contributed by atoms with Crippen molar-refractivity contribution in [2.45, 2.75) is 6.92 Å². The summed E-state index contributed by atoms with van der Waals surface area (Å²) in [6.07, 6.45) is 0.727. The molecule has 112 valence electrons. The number of aliphatic hydroxyl groups excluding tert-OH is 2. The predicted molar refractivity (Wildman–Crippen MR) is 70.6 cm³/mol. The summed E-state index contributed by atoms with van der Waals surface area (Å²) in [5.74, 6) is -3.24. The van der Waals surface area contributed by atoms with Gasteiger partial charge in [0.2, 0.25) is 0 Å². The van der Waals surface area contributed by atoms with Gasteiger partial charge in [0.05, 0.1) is 29.6 Å². The lowest BCUT2D eigenvalue weighted by atomic mass is 10.1. The van der Waals surface area contributed by atoms with E-state index in [-0.39, 0.29) is 30.1 Å². The van der Waals surface area contributed by atoms with E-state index in [9.17, 15) is 14.4 Å². The predicted octanol–water partition coefficient (Wildman–Crippen LogP) is 0.981. The highest BCUT2D eigenvalue weighted by atomic mass is 16.6. The summed E-state index contributed by atoms with van der Waals surface area (Å²) in [6.45, 7) is 0.678. The van der Waals surface area contributed by atoms with E-state index < -0.39 is 17.9 Å². The molecule has 0 spiro atoms. The summed E-state index contributed by atoms with van der Waals surface area (Å²) in [6, 6.07) is 5.61. The Labute approximate surface area is 120 Å². The van der Waals surface area contributed by atoms with E-state index in [1.807, 2.05) is 0 Å². The van der Waals surface area contributed by atoms with E-state index in [1.54, 1.807) is 0 Å². The van der Waals surface area contributed by atoms with Crippen molar-refractivity contribution < 1.29 is 34.1 Å². The Hall–Kier alpha value is -2.67. The van der Waals surface area contributed by atoms with Gasteiger partial charge in [-0.1, -0.05) is 12.1 Å². The van der Waals surface area contributed by atoms with Crippen LogP contribution in [0.2, 0.25) is 0 Å². The fourth-order valence-corrected chi connectivity index (χ4v) is 1.40. The van der Waals surface area contributed by atoms with Crippen LogP contribution in [0.5, 0.6) is 0 Å². The number of hydrogen-bond donors (Lipinski definition) is 2. The second kappa shape index (κ2) is 7.81. The highest BCUT2D eigenvalue weighted by Gasteiger charge is 2.20. The minimum Gasteiger partial charge on any atom is -0.512 e. The minimum absolute atomic E-state index is 0.0894. The lowest BCUT2D eigenvalue weighted by Crippen LogP contribution is -2.17. The quantitative estimate of drug-likeness (QED) is 0.360. The van der Waals surface area contributed by atoms with E-state index in [4.69, 9.17) is 14.9 Å². The maximum absolute atomic E-state index is 11.8. The third-order valence-electron chi connectivity index (χ3n) is 2.21. The summed E-state index contributed by atoms with van der Waals surface area (Å²) >= 11 is 0. The van der Waals surface area contributed by atoms with Crippen LogP contribution in [-0.2, 0) is 14.3 Å². The van der Waals surface area contributed by atoms with Crippen molar-refractivity contribution in [2.24, 2.45) is 0 Å². The topological polar surface area (TPSA) is 110 Å². The van der Waals surface area contributed by atoms with Crippen molar-refractivity contribution in [3.05, 3.63) is 47.2 Å². The Bertz CT molecular complexity index is 570. The van der Waals surface area contributed by atoms with Gasteiger partial charge in [-0.3, -0.25) is 0 Å². The molecule has 2 N–H and O–H groups in total. The summed E-state index contributed by atoms with van der Waals surface area (Å²) in [5, 5.41) is 17.5. The molecule has 7 heteroatoms. The average Bonchev–Trinajstić information content (AvgIpc) is 2.43. The molecule has 1 rings (SSSR count). The van der Waals surface area contributed by atoms with E-state index in [0.717, 1.165) is 6.08 Å². The zero-order valence-corrected chi connectivity index (χ0v) is 11.2. The molecule has 1 aromatic carbocycles. The van der Waals surface area contributed by atoms with E-state index in [0.29, 0.717) is 0 Å². The number of benzene rings is 1. The third kappa shape index (κ3) is 5.07. The monoisotopic (exact) mass is 294 g/mol. The molecular weight excluding hydrogens is 280 g/mol. The van der Waals surface area contributed by atoms with Crippen molar-refractivity contribution in [2.75, 3.05) is 13.2 Å². The highest BCUT2D eigenvalue weighted by Crippen LogP contribution is 2.12. The van der Waals surface area contributed by atoms with Crippen LogP contribution in [0.1, 0.15) is 27.6 Å². The molecule has 0 atom stereocenters. The van der Waals surface area contributed by atoms with Gasteiger partial charge >= 0.3 is 17.9 Å². The maximum atomic E-state index is 11.8. The number of esters is 3. The Morgan fingerprint density at radius 3 is 2.24 bits per heavy atom. The second-order valence-corrected chi connectivity index (χ2v) is 3.90. The van der Waals surface area contributed by atoms with E-state index in [1.165, 1.54) is 31.2 Å². The summed E-state index contributed by atoms with van der Waals surface area (Å²) in [5.41, 5.74) is -0.244. The first-order chi connectivity index (χ1) is 9.95. The zero-order valence-electron chi connectivity index (χ0n) is 11.2. The van der Waals surface area contributed by atoms with Crippen LogP contribution in [0.4, 0.5) is 0 Å². The molecule has 0 fully saturated rings. The van der Waals surface area contributed by atoms with Crippen molar-refractivity contribution in [3.8, 4) is 0 Å². The smallest absolute Gasteiger partial charge is 0.346 e. The van der Waals surface area contributed by atoms with Crippen LogP contribution >= 0.6 is 0 Å². The number of carbonyl (C=O) groups is 3. The van der Waals surface area contributed by atoms with Crippen LogP contribution in [0, 0.1) is 0 Å². The van der Waals surface area contributed by atoms with Crippen molar-refractivity contribution >= 4 is 17.9 Å². The molecule has 0 aliphatic rings. The molecule has 0 saturated heterocycles. The Morgan fingerprint density at radius 2 is 1.71 bits per heavy atom. The Balaban J connectivity index is 2.92. The first-order valence-electron chi connectivity index (χ1n) is 5.96. The summed E-state index contributed by atoms with van der Waals surface area (Å²) < 4.78 is 9.18. The second-order valence-electron chi connectivity index (χ2n) is 3.90. The molecule has 0 amide bonds. The van der Waals surface area contributed by atoms with Crippen LogP contribution in [-0.4, -0.2) is 41.3 Å². The SMILES string of the molecule is CC(O)=CC(=O)OC(=O)c1ccccc1C(=O)OCCO. The van der Waals surface area contributed by atoms with Crippen molar-refractivity contribution in [1.82, 2.24) is 0 Å². The number of aliphatic hydroxyl groups is 2. The van der Waals surface area contributed by atoms with Gasteiger partial charge in [0.1, 0.15) is 6.61 Å². The minimum atomic E-state index is -1.06. The fraction of sp³-hybridized carbons (Fsp3) is 0.214. The first-order valence-corrected chi connectivity index (χ1v) is 5.96. The van der Waals surface area contributed by atoms with Gasteiger partial charge in [-0.05, 0) is 19.1 Å². The van der Waals surface area contributed by atoms with Gasteiger partial charge in [0, 0.05) is 0 Å². The number of ether oxygens (including phenoxy) is 2. The van der Waals surface area contributed by atoms with Crippen LogP contribution in [0.15, 0.2) is 36.1 Å². The molecule has 0 saturated carbocycles. The molecule has 0 radical (unpaired) electrons. The molecular formula is C14H14O7. The molecule has 0 aliphatic carbocycles. The number of rotatable bonds is 5. The van der Waals surface area contributed by atoms with Gasteiger partial charge in [-0.15, -0.1) is 0 Å².